The SMILES string of the molecule is Cc1cccc(Cl)c1NC(=O)c1nnc(Nc2nc(CC(C)C)nc(N(C)C)n2)o1. The van der Waals surface area contributed by atoms with E-state index in [2.05, 4.69) is 49.6 Å². The second kappa shape index (κ2) is 9.04. The lowest BCUT2D eigenvalue weighted by Crippen LogP contribution is -2.16. The molecule has 11 heteroatoms. The van der Waals surface area contributed by atoms with Gasteiger partial charge in [0.25, 0.3) is 0 Å². The van der Waals surface area contributed by atoms with E-state index in [-0.39, 0.29) is 17.9 Å². The van der Waals surface area contributed by atoms with Gasteiger partial charge in [-0.05, 0) is 24.5 Å². The van der Waals surface area contributed by atoms with Crippen molar-refractivity contribution < 1.29 is 9.21 Å². The fourth-order valence-electron chi connectivity index (χ4n) is 2.54. The van der Waals surface area contributed by atoms with Crippen LogP contribution in [0.15, 0.2) is 22.6 Å². The number of hydrogen-bond donors (Lipinski definition) is 2. The molecule has 2 aromatic heterocycles. The molecule has 0 bridgehead atoms. The molecule has 0 unspecified atom stereocenters. The number of para-hydroxylation sites is 1. The number of nitrogens with one attached hydrogen (secondary N) is 2. The molecule has 2 N–H and O–H groups in total. The maximum absolute atomic E-state index is 12.5. The summed E-state index contributed by atoms with van der Waals surface area (Å²) in [7, 11) is 3.67. The number of halogens is 1. The van der Waals surface area contributed by atoms with Crippen LogP contribution < -0.4 is 15.5 Å². The normalized spacial score (nSPS) is 10.9. The van der Waals surface area contributed by atoms with Crippen LogP contribution in [0.25, 0.3) is 0 Å². The molecule has 0 fully saturated rings. The summed E-state index contributed by atoms with van der Waals surface area (Å²) >= 11 is 6.14. The van der Waals surface area contributed by atoms with E-state index in [1.165, 1.54) is 0 Å². The standard InChI is InChI=1S/C19H23ClN8O2/c1-10(2)9-13-21-17(24-18(22-13)28(4)5)25-19-27-26-16(30-19)15(29)23-14-11(3)7-6-8-12(14)20/h6-8,10H,9H2,1-5H3,(H,23,29)(H,21,22,24,25,27). The van der Waals surface area contributed by atoms with Gasteiger partial charge in [-0.25, -0.2) is 0 Å². The van der Waals surface area contributed by atoms with E-state index in [1.807, 2.05) is 27.1 Å². The molecule has 0 radical (unpaired) electrons. The van der Waals surface area contributed by atoms with Crippen LogP contribution >= 0.6 is 11.6 Å². The minimum absolute atomic E-state index is 0.0116. The number of carbonyl (C=O) groups is 1. The molecule has 1 aromatic carbocycles. The van der Waals surface area contributed by atoms with Gasteiger partial charge in [0.15, 0.2) is 0 Å². The molecule has 0 aliphatic heterocycles. The Morgan fingerprint density at radius 1 is 1.20 bits per heavy atom. The Morgan fingerprint density at radius 3 is 2.63 bits per heavy atom. The Bertz CT molecular complexity index is 1030. The first-order valence-electron chi connectivity index (χ1n) is 9.32. The van der Waals surface area contributed by atoms with Crippen LogP contribution in [0.5, 0.6) is 0 Å². The number of aromatic nitrogens is 5. The zero-order chi connectivity index (χ0) is 21.8. The van der Waals surface area contributed by atoms with Gasteiger partial charge in [0.1, 0.15) is 5.82 Å². The van der Waals surface area contributed by atoms with E-state index >= 15 is 0 Å². The molecule has 0 aliphatic carbocycles. The smallest absolute Gasteiger partial charge is 0.322 e. The highest BCUT2D eigenvalue weighted by molar-refractivity contribution is 6.34. The molecular weight excluding hydrogens is 408 g/mol. The van der Waals surface area contributed by atoms with E-state index in [1.54, 1.807) is 17.0 Å². The summed E-state index contributed by atoms with van der Waals surface area (Å²) in [6.45, 7) is 5.99. The number of aryl methyl sites for hydroxylation is 1. The zero-order valence-electron chi connectivity index (χ0n) is 17.4. The molecule has 158 valence electrons. The van der Waals surface area contributed by atoms with Gasteiger partial charge in [-0.15, -0.1) is 5.10 Å². The maximum atomic E-state index is 12.5. The lowest BCUT2D eigenvalue weighted by molar-refractivity contribution is 0.0991. The molecule has 0 saturated carbocycles. The van der Waals surface area contributed by atoms with Crippen LogP contribution in [-0.4, -0.2) is 45.2 Å². The molecular formula is C19H23ClN8O2. The van der Waals surface area contributed by atoms with Crippen molar-refractivity contribution in [2.45, 2.75) is 27.2 Å². The molecule has 0 atom stereocenters. The van der Waals surface area contributed by atoms with E-state index in [4.69, 9.17) is 16.0 Å². The number of anilines is 4. The molecule has 2 heterocycles. The molecule has 0 saturated heterocycles. The monoisotopic (exact) mass is 430 g/mol. The first-order chi connectivity index (χ1) is 14.2. The molecule has 3 rings (SSSR count). The molecule has 10 nitrogen and oxygen atoms in total. The van der Waals surface area contributed by atoms with E-state index < -0.39 is 5.91 Å². The van der Waals surface area contributed by atoms with Gasteiger partial charge < -0.3 is 14.6 Å². The van der Waals surface area contributed by atoms with Gasteiger partial charge in [-0.1, -0.05) is 42.7 Å². The highest BCUT2D eigenvalue weighted by Gasteiger charge is 2.18. The zero-order valence-corrected chi connectivity index (χ0v) is 18.2. The Kier molecular flexibility index (Phi) is 6.46. The second-order valence-electron chi connectivity index (χ2n) is 7.29. The van der Waals surface area contributed by atoms with Crippen molar-refractivity contribution >= 4 is 41.1 Å². The Hall–Kier alpha value is -3.27. The van der Waals surface area contributed by atoms with Gasteiger partial charge in [0, 0.05) is 20.5 Å². The van der Waals surface area contributed by atoms with Crippen molar-refractivity contribution in [2.24, 2.45) is 5.92 Å². The van der Waals surface area contributed by atoms with E-state index in [0.717, 1.165) is 5.56 Å². The number of carbonyl (C=O) groups excluding carboxylic acids is 1. The summed E-state index contributed by atoms with van der Waals surface area (Å²) in [5.41, 5.74) is 1.30. The van der Waals surface area contributed by atoms with Crippen molar-refractivity contribution in [3.05, 3.63) is 40.5 Å². The lowest BCUT2D eigenvalue weighted by atomic mass is 10.1. The first kappa shape index (κ1) is 21.4. The minimum Gasteiger partial charge on any atom is -0.399 e. The topological polar surface area (TPSA) is 122 Å². The summed E-state index contributed by atoms with van der Waals surface area (Å²) in [6.07, 6.45) is 0.687. The molecule has 1 amide bonds. The first-order valence-corrected chi connectivity index (χ1v) is 9.70. The number of nitrogens with zero attached hydrogens (tertiary/aromatic N) is 6. The van der Waals surface area contributed by atoms with Crippen LogP contribution in [0.2, 0.25) is 5.02 Å². The molecule has 30 heavy (non-hydrogen) atoms. The summed E-state index contributed by atoms with van der Waals surface area (Å²) in [6, 6.07) is 5.30. The number of benzene rings is 1. The number of rotatable bonds is 7. The van der Waals surface area contributed by atoms with Gasteiger partial charge >= 0.3 is 17.8 Å². The third kappa shape index (κ3) is 5.20. The van der Waals surface area contributed by atoms with Crippen molar-refractivity contribution in [3.8, 4) is 0 Å². The van der Waals surface area contributed by atoms with Gasteiger partial charge in [0.2, 0.25) is 11.9 Å². The van der Waals surface area contributed by atoms with Gasteiger partial charge in [-0.3, -0.25) is 10.1 Å². The summed E-state index contributed by atoms with van der Waals surface area (Å²) < 4.78 is 5.42. The molecule has 0 aliphatic rings. The summed E-state index contributed by atoms with van der Waals surface area (Å²) in [5.74, 6) is 0.967. The van der Waals surface area contributed by atoms with E-state index in [9.17, 15) is 4.79 Å². The molecule has 3 aromatic rings. The van der Waals surface area contributed by atoms with Crippen LogP contribution in [0.4, 0.5) is 23.6 Å². The predicted molar refractivity (Wildman–Crippen MR) is 114 cm³/mol. The van der Waals surface area contributed by atoms with Crippen LogP contribution in [0.1, 0.15) is 35.9 Å². The predicted octanol–water partition coefficient (Wildman–Crippen LogP) is 3.48. The highest BCUT2D eigenvalue weighted by Crippen LogP contribution is 2.26. The number of amides is 1. The second-order valence-corrected chi connectivity index (χ2v) is 7.70. The maximum Gasteiger partial charge on any atom is 0.322 e. The van der Waals surface area contributed by atoms with Crippen LogP contribution in [-0.2, 0) is 6.42 Å². The van der Waals surface area contributed by atoms with Gasteiger partial charge in [0.05, 0.1) is 10.7 Å². The van der Waals surface area contributed by atoms with Crippen molar-refractivity contribution in [1.82, 2.24) is 25.1 Å². The molecule has 0 spiro atoms. The van der Waals surface area contributed by atoms with E-state index in [0.29, 0.717) is 34.8 Å². The Labute approximate surface area is 179 Å². The third-order valence-electron chi connectivity index (χ3n) is 3.96. The lowest BCUT2D eigenvalue weighted by Gasteiger charge is -2.13. The summed E-state index contributed by atoms with van der Waals surface area (Å²) in [5, 5.41) is 13.6. The van der Waals surface area contributed by atoms with Crippen LogP contribution in [0, 0.1) is 12.8 Å². The third-order valence-corrected chi connectivity index (χ3v) is 4.27. The summed E-state index contributed by atoms with van der Waals surface area (Å²) in [4.78, 5) is 27.4. The average molecular weight is 431 g/mol. The Morgan fingerprint density at radius 2 is 1.97 bits per heavy atom. The average Bonchev–Trinajstić information content (AvgIpc) is 3.12. The minimum atomic E-state index is -0.572. The Balaban J connectivity index is 1.78. The quantitative estimate of drug-likeness (QED) is 0.579. The fraction of sp³-hybridized carbons (Fsp3) is 0.368. The van der Waals surface area contributed by atoms with Crippen molar-refractivity contribution in [3.63, 3.8) is 0 Å². The van der Waals surface area contributed by atoms with Crippen LogP contribution in [0.3, 0.4) is 0 Å². The fourth-order valence-corrected chi connectivity index (χ4v) is 2.81. The highest BCUT2D eigenvalue weighted by atomic mass is 35.5. The van der Waals surface area contributed by atoms with Gasteiger partial charge in [-0.2, -0.15) is 15.0 Å². The largest absolute Gasteiger partial charge is 0.399 e. The van der Waals surface area contributed by atoms with Crippen molar-refractivity contribution in [2.75, 3.05) is 29.6 Å². The number of hydrogen-bond acceptors (Lipinski definition) is 9. The van der Waals surface area contributed by atoms with Crippen molar-refractivity contribution in [1.29, 1.82) is 0 Å².